The normalized spacial score (nSPS) is 15.7. The van der Waals surface area contributed by atoms with Gasteiger partial charge < -0.3 is 15.6 Å². The second-order valence-electron chi connectivity index (χ2n) is 9.64. The Morgan fingerprint density at radius 3 is 2.56 bits per heavy atom. The molecule has 2 heterocycles. The number of benzene rings is 3. The maximum absolute atomic E-state index is 13.2. The van der Waals surface area contributed by atoms with Crippen LogP contribution < -0.4 is 11.1 Å². The predicted octanol–water partition coefficient (Wildman–Crippen LogP) is 5.59. The number of nitriles is 1. The topological polar surface area (TPSA) is 83.8 Å². The number of carbonyl (C=O) groups is 1. The van der Waals surface area contributed by atoms with Gasteiger partial charge in [-0.2, -0.15) is 5.26 Å². The van der Waals surface area contributed by atoms with Gasteiger partial charge in [0.2, 0.25) is 0 Å². The molecule has 4 aromatic rings. The summed E-state index contributed by atoms with van der Waals surface area (Å²) in [5.74, 6) is -0.0264. The zero-order chi connectivity index (χ0) is 24.2. The van der Waals surface area contributed by atoms with E-state index < -0.39 is 5.54 Å². The number of fused-ring (bicyclic) bond motifs is 5. The van der Waals surface area contributed by atoms with Crippen LogP contribution in [-0.2, 0) is 13.1 Å². The Kier molecular flexibility index (Phi) is 5.22. The van der Waals surface area contributed by atoms with Gasteiger partial charge in [0.25, 0.3) is 5.91 Å². The fourth-order valence-electron chi connectivity index (χ4n) is 5.56. The van der Waals surface area contributed by atoms with E-state index in [2.05, 4.69) is 61.0 Å². The molecule has 1 aliphatic heterocycles. The lowest BCUT2D eigenvalue weighted by Crippen LogP contribution is -2.48. The van der Waals surface area contributed by atoms with Crippen LogP contribution in [0.25, 0.3) is 32.9 Å². The molecule has 1 amide bonds. The molecule has 34 heavy (non-hydrogen) atoms. The van der Waals surface area contributed by atoms with E-state index in [0.29, 0.717) is 13.1 Å². The lowest BCUT2D eigenvalue weighted by molar-refractivity contribution is 0.0967. The summed E-state index contributed by atoms with van der Waals surface area (Å²) in [4.78, 5) is 13.2. The number of hydrogen-bond acceptors (Lipinski definition) is 3. The smallest absolute Gasteiger partial charge is 0.252 e. The van der Waals surface area contributed by atoms with Gasteiger partial charge in [-0.15, -0.1) is 0 Å². The van der Waals surface area contributed by atoms with Gasteiger partial charge in [0.05, 0.1) is 23.7 Å². The summed E-state index contributed by atoms with van der Waals surface area (Å²) in [6.45, 7) is 9.21. The Morgan fingerprint density at radius 1 is 1.15 bits per heavy atom. The van der Waals surface area contributed by atoms with E-state index in [1.807, 2.05) is 31.2 Å². The molecule has 0 fully saturated rings. The predicted molar refractivity (Wildman–Crippen MR) is 138 cm³/mol. The molecule has 0 spiro atoms. The molecule has 5 heteroatoms. The third kappa shape index (κ3) is 3.06. The monoisotopic (exact) mass is 450 g/mol. The Morgan fingerprint density at radius 2 is 1.85 bits per heavy atom. The van der Waals surface area contributed by atoms with E-state index in [0.717, 1.165) is 56.0 Å². The summed E-state index contributed by atoms with van der Waals surface area (Å²) in [6, 6.07) is 18.9. The number of nitrogens with two attached hydrogens (primary N) is 1. The third-order valence-electron chi connectivity index (χ3n) is 7.74. The van der Waals surface area contributed by atoms with E-state index in [4.69, 9.17) is 5.73 Å². The van der Waals surface area contributed by atoms with Crippen LogP contribution in [0.3, 0.4) is 0 Å². The summed E-state index contributed by atoms with van der Waals surface area (Å²) in [7, 11) is 0. The zero-order valence-corrected chi connectivity index (χ0v) is 20.2. The molecular weight excluding hydrogens is 420 g/mol. The number of rotatable bonds is 5. The number of aryl methyl sites for hydroxylation is 2. The third-order valence-corrected chi connectivity index (χ3v) is 7.74. The fraction of sp³-hybridized carbons (Fsp3) is 0.310. The van der Waals surface area contributed by atoms with Gasteiger partial charge in [-0.05, 0) is 53.6 Å². The summed E-state index contributed by atoms with van der Waals surface area (Å²) in [5, 5.41) is 15.2. The number of amides is 1. The van der Waals surface area contributed by atoms with E-state index in [1.54, 1.807) is 0 Å². The van der Waals surface area contributed by atoms with Crippen molar-refractivity contribution in [1.29, 1.82) is 5.26 Å². The average Bonchev–Trinajstić information content (AvgIpc) is 3.37. The van der Waals surface area contributed by atoms with Crippen molar-refractivity contribution in [2.24, 2.45) is 11.7 Å². The van der Waals surface area contributed by atoms with Crippen molar-refractivity contribution in [3.8, 4) is 17.2 Å². The molecular formula is C29H30N4O. The minimum absolute atomic E-state index is 0.0163. The molecule has 0 saturated heterocycles. The molecule has 5 nitrogen and oxygen atoms in total. The molecule has 1 aromatic heterocycles. The van der Waals surface area contributed by atoms with Crippen LogP contribution in [0.5, 0.6) is 0 Å². The van der Waals surface area contributed by atoms with Crippen LogP contribution in [0.15, 0.2) is 48.5 Å². The van der Waals surface area contributed by atoms with Gasteiger partial charge in [0.1, 0.15) is 5.54 Å². The largest absolute Gasteiger partial charge is 0.348 e. The van der Waals surface area contributed by atoms with Crippen molar-refractivity contribution in [3.05, 3.63) is 70.8 Å². The lowest BCUT2D eigenvalue weighted by Gasteiger charge is -2.29. The van der Waals surface area contributed by atoms with Crippen molar-refractivity contribution in [3.63, 3.8) is 0 Å². The van der Waals surface area contributed by atoms with Gasteiger partial charge in [-0.25, -0.2) is 0 Å². The number of aromatic nitrogens is 1. The van der Waals surface area contributed by atoms with Crippen LogP contribution in [0.2, 0.25) is 0 Å². The van der Waals surface area contributed by atoms with Crippen LogP contribution in [-0.4, -0.2) is 16.0 Å². The summed E-state index contributed by atoms with van der Waals surface area (Å²) >= 11 is 0. The quantitative estimate of drug-likeness (QED) is 0.416. The highest BCUT2D eigenvalue weighted by Crippen LogP contribution is 2.44. The van der Waals surface area contributed by atoms with Gasteiger partial charge in [0, 0.05) is 22.8 Å². The summed E-state index contributed by atoms with van der Waals surface area (Å²) < 4.78 is 2.18. The van der Waals surface area contributed by atoms with Gasteiger partial charge >= 0.3 is 0 Å². The second-order valence-corrected chi connectivity index (χ2v) is 9.64. The first-order chi connectivity index (χ1) is 16.3. The van der Waals surface area contributed by atoms with Gasteiger partial charge in [-0.1, -0.05) is 62.7 Å². The number of nitrogens with one attached hydrogen (secondary N) is 1. The van der Waals surface area contributed by atoms with Crippen molar-refractivity contribution in [2.75, 3.05) is 0 Å². The van der Waals surface area contributed by atoms with Crippen molar-refractivity contribution in [1.82, 2.24) is 9.88 Å². The Balaban J connectivity index is 1.95. The lowest BCUT2D eigenvalue weighted by atomic mass is 9.85. The fourth-order valence-corrected chi connectivity index (χ4v) is 5.56. The van der Waals surface area contributed by atoms with Crippen LogP contribution in [0.1, 0.15) is 47.3 Å². The van der Waals surface area contributed by atoms with Gasteiger partial charge in [-0.3, -0.25) is 4.79 Å². The van der Waals surface area contributed by atoms with Crippen LogP contribution >= 0.6 is 0 Å². The first-order valence-electron chi connectivity index (χ1n) is 11.9. The minimum Gasteiger partial charge on any atom is -0.348 e. The van der Waals surface area contributed by atoms with Gasteiger partial charge in [0.15, 0.2) is 0 Å². The average molecular weight is 451 g/mol. The van der Waals surface area contributed by atoms with Crippen molar-refractivity contribution < 1.29 is 4.79 Å². The highest BCUT2D eigenvalue weighted by Gasteiger charge is 2.35. The SMILES string of the molecule is CCC(C)C(N)(C#N)Cn1c2ccccc2c2c3c(c(-c4ccccc4C)c(C)c21)CNC3=O. The highest BCUT2D eigenvalue weighted by atomic mass is 16.1. The second kappa shape index (κ2) is 8.00. The molecule has 1 aliphatic rings. The highest BCUT2D eigenvalue weighted by molar-refractivity contribution is 6.22. The van der Waals surface area contributed by atoms with Crippen LogP contribution in [0.4, 0.5) is 0 Å². The standard InChI is InChI=1S/C29H30N4O/c1-5-18(3)29(31,15-30)16-33-23-13-9-8-12-21(23)25-26-22(14-32-28(26)34)24(19(4)27(25)33)20-11-7-6-10-17(20)2/h6-13,18H,5,14,16,31H2,1-4H3,(H,32,34). The first-order valence-corrected chi connectivity index (χ1v) is 11.9. The summed E-state index contributed by atoms with van der Waals surface area (Å²) in [6.07, 6.45) is 0.812. The molecule has 2 atom stereocenters. The number of para-hydroxylation sites is 1. The zero-order valence-electron chi connectivity index (χ0n) is 20.2. The number of carbonyl (C=O) groups excluding carboxylic acids is 1. The maximum Gasteiger partial charge on any atom is 0.252 e. The van der Waals surface area contributed by atoms with Crippen LogP contribution in [0, 0.1) is 31.1 Å². The summed E-state index contributed by atoms with van der Waals surface area (Å²) in [5.41, 5.74) is 14.0. The van der Waals surface area contributed by atoms with Crippen molar-refractivity contribution in [2.45, 2.75) is 52.7 Å². The maximum atomic E-state index is 13.2. The Bertz CT molecular complexity index is 1510. The molecule has 172 valence electrons. The van der Waals surface area contributed by atoms with E-state index in [1.165, 1.54) is 5.56 Å². The van der Waals surface area contributed by atoms with Crippen molar-refractivity contribution >= 4 is 27.7 Å². The van der Waals surface area contributed by atoms with E-state index in [-0.39, 0.29) is 11.8 Å². The van der Waals surface area contributed by atoms with E-state index in [9.17, 15) is 10.1 Å². The molecule has 0 bridgehead atoms. The molecule has 0 saturated carbocycles. The molecule has 5 rings (SSSR count). The molecule has 3 aromatic carbocycles. The Hall–Kier alpha value is -3.62. The Labute approximate surface area is 200 Å². The first kappa shape index (κ1) is 22.2. The molecule has 0 radical (unpaired) electrons. The molecule has 0 aliphatic carbocycles. The molecule has 2 unspecified atom stereocenters. The molecule has 3 N–H and O–H groups in total. The number of hydrogen-bond donors (Lipinski definition) is 2. The minimum atomic E-state index is -1.03. The number of nitrogens with zero attached hydrogens (tertiary/aromatic N) is 2. The van der Waals surface area contributed by atoms with E-state index >= 15 is 0 Å².